The lowest BCUT2D eigenvalue weighted by Crippen LogP contribution is -2.08. The minimum absolute atomic E-state index is 0.352. The molecule has 0 spiro atoms. The fraction of sp³-hybridized carbons (Fsp3) is 0.286. The van der Waals surface area contributed by atoms with E-state index in [1.54, 1.807) is 30.3 Å². The number of nitrogens with one attached hydrogen (secondary N) is 1. The molecule has 0 saturated carbocycles. The molecule has 29 heavy (non-hydrogen) atoms. The van der Waals surface area contributed by atoms with Crippen LogP contribution >= 0.6 is 11.6 Å². The molecule has 0 saturated heterocycles. The van der Waals surface area contributed by atoms with Crippen LogP contribution in [-0.4, -0.2) is 40.5 Å². The van der Waals surface area contributed by atoms with E-state index >= 15 is 0 Å². The number of amides is 1. The van der Waals surface area contributed by atoms with Gasteiger partial charge in [-0.25, -0.2) is 0 Å². The standard InChI is InChI=1S/C21H22ClNO6/c1-25-18-9-13(10-19(26-2)21(18)27-3)5-6-20(24)23-15-12-17-16(11-14(15)22)28-7-4-8-29-17/h5-6,9-12H,4,7-8H2,1-3H3,(H,23,24)/b6-5+. The molecule has 2 aromatic carbocycles. The van der Waals surface area contributed by atoms with E-state index < -0.39 is 0 Å². The third kappa shape index (κ3) is 4.86. The third-order valence-electron chi connectivity index (χ3n) is 4.21. The van der Waals surface area contributed by atoms with Gasteiger partial charge in [0.25, 0.3) is 0 Å². The van der Waals surface area contributed by atoms with Crippen LogP contribution in [0.2, 0.25) is 5.02 Å². The molecule has 0 unspecified atom stereocenters. The van der Waals surface area contributed by atoms with Gasteiger partial charge in [-0.15, -0.1) is 0 Å². The number of carbonyl (C=O) groups is 1. The van der Waals surface area contributed by atoms with E-state index in [2.05, 4.69) is 5.32 Å². The van der Waals surface area contributed by atoms with E-state index in [9.17, 15) is 4.79 Å². The Hall–Kier alpha value is -3.06. The molecule has 0 aliphatic carbocycles. The van der Waals surface area contributed by atoms with E-state index in [1.807, 2.05) is 0 Å². The summed E-state index contributed by atoms with van der Waals surface area (Å²) in [4.78, 5) is 12.4. The van der Waals surface area contributed by atoms with Crippen molar-refractivity contribution in [1.82, 2.24) is 0 Å². The lowest BCUT2D eigenvalue weighted by Gasteiger charge is -2.13. The van der Waals surface area contributed by atoms with Crippen molar-refractivity contribution >= 4 is 29.3 Å². The number of methoxy groups -OCH3 is 3. The maximum absolute atomic E-state index is 12.4. The summed E-state index contributed by atoms with van der Waals surface area (Å²) in [6, 6.07) is 6.78. The van der Waals surface area contributed by atoms with E-state index in [-0.39, 0.29) is 5.91 Å². The van der Waals surface area contributed by atoms with Gasteiger partial charge < -0.3 is 29.0 Å². The molecular weight excluding hydrogens is 398 g/mol. The second-order valence-electron chi connectivity index (χ2n) is 6.11. The average Bonchev–Trinajstić information content (AvgIpc) is 2.96. The highest BCUT2D eigenvalue weighted by atomic mass is 35.5. The molecule has 3 rings (SSSR count). The molecule has 1 aliphatic rings. The summed E-state index contributed by atoms with van der Waals surface area (Å²) in [5, 5.41) is 3.11. The Morgan fingerprint density at radius 2 is 1.62 bits per heavy atom. The smallest absolute Gasteiger partial charge is 0.248 e. The number of anilines is 1. The number of benzene rings is 2. The van der Waals surface area contributed by atoms with Gasteiger partial charge in [0, 0.05) is 24.6 Å². The molecule has 8 heteroatoms. The van der Waals surface area contributed by atoms with E-state index in [1.165, 1.54) is 27.4 Å². The fourth-order valence-corrected chi connectivity index (χ4v) is 3.02. The zero-order valence-electron chi connectivity index (χ0n) is 16.4. The second-order valence-corrected chi connectivity index (χ2v) is 6.52. The van der Waals surface area contributed by atoms with E-state index in [0.29, 0.717) is 58.2 Å². The first-order valence-corrected chi connectivity index (χ1v) is 9.31. The lowest BCUT2D eigenvalue weighted by molar-refractivity contribution is -0.111. The molecule has 0 aromatic heterocycles. The summed E-state index contributed by atoms with van der Waals surface area (Å²) in [6.45, 7) is 1.11. The molecule has 7 nitrogen and oxygen atoms in total. The Morgan fingerprint density at radius 1 is 1.00 bits per heavy atom. The number of hydrogen-bond acceptors (Lipinski definition) is 6. The van der Waals surface area contributed by atoms with Crippen LogP contribution < -0.4 is 29.0 Å². The second kappa shape index (κ2) is 9.43. The first-order valence-electron chi connectivity index (χ1n) is 8.94. The monoisotopic (exact) mass is 419 g/mol. The number of ether oxygens (including phenoxy) is 5. The van der Waals surface area contributed by atoms with Gasteiger partial charge in [-0.2, -0.15) is 0 Å². The van der Waals surface area contributed by atoms with Gasteiger partial charge in [0.05, 0.1) is 45.3 Å². The minimum atomic E-state index is -0.352. The van der Waals surface area contributed by atoms with Crippen molar-refractivity contribution in [2.45, 2.75) is 6.42 Å². The summed E-state index contributed by atoms with van der Waals surface area (Å²) in [7, 11) is 4.59. The molecule has 0 fully saturated rings. The summed E-state index contributed by atoms with van der Waals surface area (Å²) in [6.07, 6.45) is 3.81. The third-order valence-corrected chi connectivity index (χ3v) is 4.52. The number of carbonyl (C=O) groups excluding carboxylic acids is 1. The summed E-state index contributed by atoms with van der Waals surface area (Å²) < 4.78 is 27.2. The summed E-state index contributed by atoms with van der Waals surface area (Å²) >= 11 is 6.27. The number of rotatable bonds is 6. The van der Waals surface area contributed by atoms with Crippen molar-refractivity contribution in [3.05, 3.63) is 40.9 Å². The summed E-state index contributed by atoms with van der Waals surface area (Å²) in [5.74, 6) is 2.25. The van der Waals surface area contributed by atoms with Crippen LogP contribution in [0.5, 0.6) is 28.7 Å². The van der Waals surface area contributed by atoms with Gasteiger partial charge in [-0.3, -0.25) is 4.79 Å². The quantitative estimate of drug-likeness (QED) is 0.708. The first-order chi connectivity index (χ1) is 14.0. The van der Waals surface area contributed by atoms with Crippen LogP contribution in [0.15, 0.2) is 30.3 Å². The van der Waals surface area contributed by atoms with Crippen molar-refractivity contribution in [2.24, 2.45) is 0 Å². The zero-order chi connectivity index (χ0) is 20.8. The molecule has 1 heterocycles. The molecule has 0 atom stereocenters. The highest BCUT2D eigenvalue weighted by Gasteiger charge is 2.15. The molecule has 154 valence electrons. The average molecular weight is 420 g/mol. The summed E-state index contributed by atoms with van der Waals surface area (Å²) in [5.41, 5.74) is 1.15. The Morgan fingerprint density at radius 3 is 2.21 bits per heavy atom. The van der Waals surface area contributed by atoms with Crippen molar-refractivity contribution in [1.29, 1.82) is 0 Å². The Kier molecular flexibility index (Phi) is 6.72. The number of fused-ring (bicyclic) bond motifs is 1. The zero-order valence-corrected chi connectivity index (χ0v) is 17.2. The molecular formula is C21H22ClNO6. The van der Waals surface area contributed by atoms with Crippen molar-refractivity contribution in [3.63, 3.8) is 0 Å². The fourth-order valence-electron chi connectivity index (χ4n) is 2.82. The predicted molar refractivity (Wildman–Crippen MR) is 111 cm³/mol. The topological polar surface area (TPSA) is 75.3 Å². The minimum Gasteiger partial charge on any atom is -0.493 e. The highest BCUT2D eigenvalue weighted by molar-refractivity contribution is 6.34. The SMILES string of the molecule is COc1cc(/C=C/C(=O)Nc2cc3c(cc2Cl)OCCCO3)cc(OC)c1OC. The van der Waals surface area contributed by atoms with Crippen molar-refractivity contribution in [3.8, 4) is 28.7 Å². The maximum Gasteiger partial charge on any atom is 0.248 e. The van der Waals surface area contributed by atoms with Crippen LogP contribution in [0.3, 0.4) is 0 Å². The maximum atomic E-state index is 12.4. The Bertz CT molecular complexity index is 903. The Labute approximate surface area is 174 Å². The van der Waals surface area contributed by atoms with Gasteiger partial charge in [0.1, 0.15) is 0 Å². The van der Waals surface area contributed by atoms with Crippen LogP contribution in [0, 0.1) is 0 Å². The van der Waals surface area contributed by atoms with Gasteiger partial charge in [-0.05, 0) is 23.8 Å². The van der Waals surface area contributed by atoms with Gasteiger partial charge in [-0.1, -0.05) is 11.6 Å². The molecule has 1 aliphatic heterocycles. The van der Waals surface area contributed by atoms with Crippen LogP contribution in [-0.2, 0) is 4.79 Å². The first kappa shape index (κ1) is 20.7. The molecule has 1 N–H and O–H groups in total. The van der Waals surface area contributed by atoms with Crippen molar-refractivity contribution < 1.29 is 28.5 Å². The van der Waals surface area contributed by atoms with Crippen LogP contribution in [0.4, 0.5) is 5.69 Å². The van der Waals surface area contributed by atoms with Crippen LogP contribution in [0.25, 0.3) is 6.08 Å². The van der Waals surface area contributed by atoms with Crippen LogP contribution in [0.1, 0.15) is 12.0 Å². The number of halogens is 1. The molecule has 1 amide bonds. The normalized spacial score (nSPS) is 13.0. The molecule has 0 bridgehead atoms. The largest absolute Gasteiger partial charge is 0.493 e. The van der Waals surface area contributed by atoms with Gasteiger partial charge >= 0.3 is 0 Å². The predicted octanol–water partition coefficient (Wildman–Crippen LogP) is 4.18. The van der Waals surface area contributed by atoms with Gasteiger partial charge in [0.15, 0.2) is 23.0 Å². The highest BCUT2D eigenvalue weighted by Crippen LogP contribution is 2.39. The van der Waals surface area contributed by atoms with E-state index in [0.717, 1.165) is 6.42 Å². The van der Waals surface area contributed by atoms with Crippen molar-refractivity contribution in [2.75, 3.05) is 39.9 Å². The van der Waals surface area contributed by atoms with Gasteiger partial charge in [0.2, 0.25) is 11.7 Å². The lowest BCUT2D eigenvalue weighted by atomic mass is 10.1. The van der Waals surface area contributed by atoms with E-state index in [4.69, 9.17) is 35.3 Å². The molecule has 2 aromatic rings. The Balaban J connectivity index is 1.77. The molecule has 0 radical (unpaired) electrons. The number of hydrogen-bond donors (Lipinski definition) is 1.